The fourth-order valence-corrected chi connectivity index (χ4v) is 6.63. The van der Waals surface area contributed by atoms with Crippen molar-refractivity contribution in [2.45, 2.75) is 32.3 Å². The molecule has 2 saturated heterocycles. The van der Waals surface area contributed by atoms with Crippen LogP contribution >= 0.6 is 0 Å². The Kier molecular flexibility index (Phi) is 6.26. The first-order valence-corrected chi connectivity index (χ1v) is 13.2. The van der Waals surface area contributed by atoms with Gasteiger partial charge in [-0.3, -0.25) is 0 Å². The molecule has 2 aliphatic rings. The summed E-state index contributed by atoms with van der Waals surface area (Å²) in [5.74, 6) is 2.26. The van der Waals surface area contributed by atoms with Gasteiger partial charge in [0.05, 0.1) is 41.3 Å². The number of aryl methyl sites for hydroxylation is 1. The Morgan fingerprint density at radius 1 is 1.24 bits per heavy atom. The number of halogens is 1. The van der Waals surface area contributed by atoms with E-state index >= 15 is 0 Å². The highest BCUT2D eigenvalue weighted by atomic mass is 32.2. The maximum absolute atomic E-state index is 14.0. The van der Waals surface area contributed by atoms with Gasteiger partial charge in [-0.2, -0.15) is 4.36 Å². The van der Waals surface area contributed by atoms with Crippen LogP contribution in [0.1, 0.15) is 24.8 Å². The standard InChI is InChI=1S/C24H27FN4O4S/c1-15-22-19(12-20(23(15)31-2)29-34(30)9-3-4-10-34)26-14-27-24(22)28-18-6-5-16(25)11-21(18)33-17-7-8-32-13-17/h5-6,11-12,14,17H,3-4,7-10,13H2,1-2H3,(H,26,27,28)/t17-/m1/s1. The first kappa shape index (κ1) is 22.8. The van der Waals surface area contributed by atoms with Crippen LogP contribution < -0.4 is 14.8 Å². The number of nitrogens with one attached hydrogen (secondary N) is 1. The highest BCUT2D eigenvalue weighted by molar-refractivity contribution is 7.93. The van der Waals surface area contributed by atoms with Crippen LogP contribution in [0.4, 0.5) is 21.6 Å². The molecule has 0 aliphatic carbocycles. The average Bonchev–Trinajstić information content (AvgIpc) is 3.48. The van der Waals surface area contributed by atoms with Gasteiger partial charge in [0.2, 0.25) is 0 Å². The van der Waals surface area contributed by atoms with Crippen LogP contribution in [0.25, 0.3) is 10.9 Å². The van der Waals surface area contributed by atoms with Crippen LogP contribution in [0, 0.1) is 12.7 Å². The molecule has 5 rings (SSSR count). The molecular formula is C24H27FN4O4S. The molecule has 0 amide bonds. The summed E-state index contributed by atoms with van der Waals surface area (Å²) in [5, 5.41) is 4.02. The Morgan fingerprint density at radius 2 is 2.06 bits per heavy atom. The summed E-state index contributed by atoms with van der Waals surface area (Å²) < 4.78 is 48.8. The lowest BCUT2D eigenvalue weighted by Crippen LogP contribution is -2.16. The molecule has 0 spiro atoms. The minimum atomic E-state index is -2.28. The zero-order valence-electron chi connectivity index (χ0n) is 19.2. The molecule has 2 aromatic carbocycles. The van der Waals surface area contributed by atoms with Crippen molar-refractivity contribution in [1.82, 2.24) is 9.97 Å². The molecule has 2 aliphatic heterocycles. The number of methoxy groups -OCH3 is 1. The van der Waals surface area contributed by atoms with Crippen LogP contribution in [-0.4, -0.2) is 52.1 Å². The van der Waals surface area contributed by atoms with Gasteiger partial charge in [0.25, 0.3) is 0 Å². The number of rotatable bonds is 6. The van der Waals surface area contributed by atoms with E-state index in [1.807, 2.05) is 6.92 Å². The fraction of sp³-hybridized carbons (Fsp3) is 0.417. The summed E-state index contributed by atoms with van der Waals surface area (Å²) in [6.45, 7) is 2.99. The van der Waals surface area contributed by atoms with Crippen molar-refractivity contribution in [3.05, 3.63) is 42.0 Å². The number of anilines is 2. The molecule has 3 aromatic rings. The molecule has 2 fully saturated rings. The van der Waals surface area contributed by atoms with E-state index in [-0.39, 0.29) is 6.10 Å². The van der Waals surface area contributed by atoms with Crippen molar-refractivity contribution in [3.63, 3.8) is 0 Å². The molecular weight excluding hydrogens is 459 g/mol. The molecule has 0 unspecified atom stereocenters. The smallest absolute Gasteiger partial charge is 0.149 e. The minimum absolute atomic E-state index is 0.131. The first-order chi connectivity index (χ1) is 16.5. The lowest BCUT2D eigenvalue weighted by atomic mass is 10.1. The highest BCUT2D eigenvalue weighted by Crippen LogP contribution is 2.41. The van der Waals surface area contributed by atoms with E-state index in [1.165, 1.54) is 18.5 Å². The molecule has 34 heavy (non-hydrogen) atoms. The van der Waals surface area contributed by atoms with Crippen molar-refractivity contribution in [2.75, 3.05) is 37.1 Å². The van der Waals surface area contributed by atoms with Gasteiger partial charge in [-0.15, -0.1) is 0 Å². The number of ether oxygens (including phenoxy) is 3. The molecule has 8 nitrogen and oxygen atoms in total. The van der Waals surface area contributed by atoms with Gasteiger partial charge in [0.15, 0.2) is 0 Å². The van der Waals surface area contributed by atoms with Crippen molar-refractivity contribution < 1.29 is 22.8 Å². The van der Waals surface area contributed by atoms with Crippen molar-refractivity contribution in [2.24, 2.45) is 4.36 Å². The number of fused-ring (bicyclic) bond motifs is 1. The molecule has 1 N–H and O–H groups in total. The summed E-state index contributed by atoms with van der Waals surface area (Å²) in [7, 11) is -0.710. The fourth-order valence-electron chi connectivity index (χ4n) is 4.44. The monoisotopic (exact) mass is 486 g/mol. The number of aromatic nitrogens is 2. The average molecular weight is 487 g/mol. The second-order valence-electron chi connectivity index (χ2n) is 8.52. The summed E-state index contributed by atoms with van der Waals surface area (Å²) in [4.78, 5) is 8.87. The normalized spacial score (nSPS) is 19.3. The van der Waals surface area contributed by atoms with E-state index in [0.29, 0.717) is 58.9 Å². The highest BCUT2D eigenvalue weighted by Gasteiger charge is 2.22. The minimum Gasteiger partial charge on any atom is -0.494 e. The lowest BCUT2D eigenvalue weighted by molar-refractivity contribution is 0.141. The third kappa shape index (κ3) is 4.52. The third-order valence-corrected chi connectivity index (χ3v) is 8.50. The van der Waals surface area contributed by atoms with Gasteiger partial charge in [-0.05, 0) is 38.0 Å². The Balaban J connectivity index is 1.57. The Bertz CT molecular complexity index is 1340. The summed E-state index contributed by atoms with van der Waals surface area (Å²) >= 11 is 0. The maximum atomic E-state index is 14.0. The SMILES string of the molecule is COc1c(N=S2(=O)CCCC2)cc2ncnc(Nc3ccc(F)cc3O[C@@H]3CCOC3)c2c1C. The zero-order valence-corrected chi connectivity index (χ0v) is 20.0. The molecule has 0 saturated carbocycles. The van der Waals surface area contributed by atoms with Crippen molar-refractivity contribution in [1.29, 1.82) is 0 Å². The third-order valence-electron chi connectivity index (χ3n) is 6.12. The van der Waals surface area contributed by atoms with Gasteiger partial charge in [0.1, 0.15) is 41.3 Å². The van der Waals surface area contributed by atoms with Crippen LogP contribution in [0.3, 0.4) is 0 Å². The lowest BCUT2D eigenvalue weighted by Gasteiger charge is -2.18. The Morgan fingerprint density at radius 3 is 2.79 bits per heavy atom. The van der Waals surface area contributed by atoms with Gasteiger partial charge >= 0.3 is 0 Å². The predicted molar refractivity (Wildman–Crippen MR) is 130 cm³/mol. The molecule has 1 aromatic heterocycles. The predicted octanol–water partition coefficient (Wildman–Crippen LogP) is 4.89. The van der Waals surface area contributed by atoms with Crippen molar-refractivity contribution >= 4 is 37.8 Å². The van der Waals surface area contributed by atoms with E-state index in [4.69, 9.17) is 14.2 Å². The van der Waals surface area contributed by atoms with Crippen molar-refractivity contribution in [3.8, 4) is 11.5 Å². The molecule has 10 heteroatoms. The quantitative estimate of drug-likeness (QED) is 0.530. The van der Waals surface area contributed by atoms with Gasteiger partial charge in [-0.1, -0.05) is 0 Å². The van der Waals surface area contributed by atoms with Crippen LogP contribution in [-0.2, 0) is 14.5 Å². The number of nitrogens with zero attached hydrogens (tertiary/aromatic N) is 3. The van der Waals surface area contributed by atoms with Gasteiger partial charge < -0.3 is 19.5 Å². The van der Waals surface area contributed by atoms with Crippen LogP contribution in [0.2, 0.25) is 0 Å². The van der Waals surface area contributed by atoms with Crippen LogP contribution in [0.5, 0.6) is 11.5 Å². The van der Waals surface area contributed by atoms with E-state index < -0.39 is 15.5 Å². The molecule has 180 valence electrons. The van der Waals surface area contributed by atoms with Crippen LogP contribution in [0.15, 0.2) is 35.0 Å². The van der Waals surface area contributed by atoms with E-state index in [9.17, 15) is 8.60 Å². The maximum Gasteiger partial charge on any atom is 0.149 e. The summed E-state index contributed by atoms with van der Waals surface area (Å²) in [6.07, 6.45) is 3.90. The molecule has 1 atom stereocenters. The topological polar surface area (TPSA) is 94.9 Å². The first-order valence-electron chi connectivity index (χ1n) is 11.3. The molecule has 0 radical (unpaired) electrons. The van der Waals surface area contributed by atoms with E-state index in [1.54, 1.807) is 19.2 Å². The number of hydrogen-bond acceptors (Lipinski definition) is 8. The van der Waals surface area contributed by atoms with E-state index in [2.05, 4.69) is 19.6 Å². The van der Waals surface area contributed by atoms with Gasteiger partial charge in [0, 0.05) is 34.9 Å². The molecule has 0 bridgehead atoms. The number of benzene rings is 2. The Hall–Kier alpha value is -2.98. The zero-order chi connectivity index (χ0) is 23.7. The second kappa shape index (κ2) is 9.34. The van der Waals surface area contributed by atoms with Gasteiger partial charge in [-0.25, -0.2) is 18.6 Å². The largest absolute Gasteiger partial charge is 0.494 e. The Labute approximate surface area is 198 Å². The van der Waals surface area contributed by atoms with E-state index in [0.717, 1.165) is 30.2 Å². The molecule has 3 heterocycles. The second-order valence-corrected chi connectivity index (χ2v) is 11.1. The summed E-state index contributed by atoms with van der Waals surface area (Å²) in [6, 6.07) is 6.13. The number of hydrogen-bond donors (Lipinski definition) is 1. The summed E-state index contributed by atoms with van der Waals surface area (Å²) in [5.41, 5.74) is 2.53.